The van der Waals surface area contributed by atoms with Crippen LogP contribution in [0.5, 0.6) is 0 Å². The van der Waals surface area contributed by atoms with Crippen LogP contribution in [0, 0.1) is 0 Å². The molecule has 0 fully saturated rings. The molecule has 6 nitrogen and oxygen atoms in total. The van der Waals surface area contributed by atoms with Gasteiger partial charge < -0.3 is 9.84 Å². The van der Waals surface area contributed by atoms with Gasteiger partial charge in [0.1, 0.15) is 10.7 Å². The third-order valence-electron chi connectivity index (χ3n) is 4.46. The van der Waals surface area contributed by atoms with Gasteiger partial charge in [-0.2, -0.15) is 0 Å². The van der Waals surface area contributed by atoms with E-state index in [1.54, 1.807) is 23.0 Å². The molecule has 0 saturated heterocycles. The summed E-state index contributed by atoms with van der Waals surface area (Å²) in [5, 5.41) is 9.60. The summed E-state index contributed by atoms with van der Waals surface area (Å²) in [4.78, 5) is 30.7. The molecule has 1 aliphatic carbocycles. The molecule has 0 bridgehead atoms. The largest absolute Gasteiger partial charge is 0.481 e. The Morgan fingerprint density at radius 2 is 2.17 bits per heavy atom. The minimum atomic E-state index is -0.844. The number of aryl methyl sites for hydroxylation is 2. The van der Waals surface area contributed by atoms with Gasteiger partial charge in [-0.05, 0) is 37.7 Å². The van der Waals surface area contributed by atoms with Crippen LogP contribution in [0.4, 0.5) is 0 Å². The Morgan fingerprint density at radius 3 is 2.92 bits per heavy atom. The van der Waals surface area contributed by atoms with Gasteiger partial charge in [0.15, 0.2) is 0 Å². The van der Waals surface area contributed by atoms with E-state index in [0.29, 0.717) is 31.8 Å². The van der Waals surface area contributed by atoms with Gasteiger partial charge in [0.05, 0.1) is 12.0 Å². The van der Waals surface area contributed by atoms with Crippen LogP contribution in [0.25, 0.3) is 10.2 Å². The Morgan fingerprint density at radius 1 is 1.38 bits per heavy atom. The minimum Gasteiger partial charge on any atom is -0.481 e. The summed E-state index contributed by atoms with van der Waals surface area (Å²) < 4.78 is 6.79. The number of fused-ring (bicyclic) bond motifs is 3. The smallest absolute Gasteiger partial charge is 0.303 e. The summed E-state index contributed by atoms with van der Waals surface area (Å²) in [7, 11) is 1.62. The zero-order valence-electron chi connectivity index (χ0n) is 13.8. The lowest BCUT2D eigenvalue weighted by Gasteiger charge is -2.13. The predicted octanol–water partition coefficient (Wildman–Crippen LogP) is 2.39. The van der Waals surface area contributed by atoms with Crippen molar-refractivity contribution in [2.24, 2.45) is 0 Å². The number of nitrogens with zero attached hydrogens (tertiary/aromatic N) is 2. The van der Waals surface area contributed by atoms with Crippen LogP contribution in [-0.2, 0) is 35.3 Å². The Hall–Kier alpha value is -1.73. The van der Waals surface area contributed by atoms with Crippen molar-refractivity contribution >= 4 is 27.5 Å². The van der Waals surface area contributed by atoms with Crippen molar-refractivity contribution in [3.05, 3.63) is 26.6 Å². The summed E-state index contributed by atoms with van der Waals surface area (Å²) in [5.41, 5.74) is 1.15. The number of hydrogen-bond acceptors (Lipinski definition) is 5. The number of thiophene rings is 1. The highest BCUT2D eigenvalue weighted by Gasteiger charge is 2.21. The van der Waals surface area contributed by atoms with Gasteiger partial charge in [-0.25, -0.2) is 4.98 Å². The van der Waals surface area contributed by atoms with E-state index in [1.165, 1.54) is 16.9 Å². The van der Waals surface area contributed by atoms with Crippen LogP contribution in [0.2, 0.25) is 0 Å². The molecule has 0 atom stereocenters. The topological polar surface area (TPSA) is 81.4 Å². The molecule has 24 heavy (non-hydrogen) atoms. The molecule has 2 heterocycles. The summed E-state index contributed by atoms with van der Waals surface area (Å²) in [6.45, 7) is 0.875. The Kier molecular flexibility index (Phi) is 5.30. The van der Waals surface area contributed by atoms with Crippen molar-refractivity contribution in [1.82, 2.24) is 9.55 Å². The molecule has 2 aromatic heterocycles. The lowest BCUT2D eigenvalue weighted by atomic mass is 9.97. The first-order valence-electron chi connectivity index (χ1n) is 8.36. The van der Waals surface area contributed by atoms with E-state index < -0.39 is 5.97 Å². The summed E-state index contributed by atoms with van der Waals surface area (Å²) >= 11 is 1.64. The van der Waals surface area contributed by atoms with Crippen molar-refractivity contribution in [3.63, 3.8) is 0 Å². The average molecular weight is 350 g/mol. The number of ether oxygens (including phenoxy) is 1. The molecule has 0 saturated carbocycles. The van der Waals surface area contributed by atoms with Crippen LogP contribution < -0.4 is 5.56 Å². The van der Waals surface area contributed by atoms with Gasteiger partial charge >= 0.3 is 5.97 Å². The van der Waals surface area contributed by atoms with E-state index in [9.17, 15) is 9.59 Å². The molecular weight excluding hydrogens is 328 g/mol. The molecule has 0 unspecified atom stereocenters. The van der Waals surface area contributed by atoms with E-state index >= 15 is 0 Å². The van der Waals surface area contributed by atoms with Crippen LogP contribution in [0.3, 0.4) is 0 Å². The molecule has 0 amide bonds. The van der Waals surface area contributed by atoms with Crippen LogP contribution in [0.1, 0.15) is 41.9 Å². The molecule has 3 rings (SSSR count). The third kappa shape index (κ3) is 3.37. The summed E-state index contributed by atoms with van der Waals surface area (Å²) in [6, 6.07) is 0. The fraction of sp³-hybridized carbons (Fsp3) is 0.588. The maximum Gasteiger partial charge on any atom is 0.303 e. The minimum absolute atomic E-state index is 0.0177. The zero-order valence-corrected chi connectivity index (χ0v) is 14.7. The molecule has 0 aromatic carbocycles. The average Bonchev–Trinajstić information content (AvgIpc) is 2.93. The highest BCUT2D eigenvalue weighted by Crippen LogP contribution is 2.33. The van der Waals surface area contributed by atoms with E-state index in [2.05, 4.69) is 0 Å². The second-order valence-electron chi connectivity index (χ2n) is 6.12. The standard InChI is InChI=1S/C17H22N2O4S/c1-23-10-8-13-18-16-15(11-5-2-3-6-12(11)24-16)17(22)19(13)9-4-7-14(20)21/h2-10H2,1H3,(H,20,21). The molecule has 1 N–H and O–H groups in total. The van der Waals surface area contributed by atoms with Gasteiger partial charge in [0, 0.05) is 31.4 Å². The highest BCUT2D eigenvalue weighted by atomic mass is 32.1. The number of hydrogen-bond donors (Lipinski definition) is 1. The predicted molar refractivity (Wildman–Crippen MR) is 93.0 cm³/mol. The van der Waals surface area contributed by atoms with E-state index in [1.807, 2.05) is 0 Å². The summed E-state index contributed by atoms with van der Waals surface area (Å²) in [6.07, 6.45) is 5.29. The number of aliphatic carboxylic acids is 1. The number of carbonyl (C=O) groups is 1. The van der Waals surface area contributed by atoms with E-state index in [0.717, 1.165) is 29.5 Å². The van der Waals surface area contributed by atoms with Gasteiger partial charge in [-0.15, -0.1) is 11.3 Å². The Balaban J connectivity index is 2.05. The van der Waals surface area contributed by atoms with Gasteiger partial charge in [0.2, 0.25) is 0 Å². The van der Waals surface area contributed by atoms with Crippen molar-refractivity contribution in [2.45, 2.75) is 51.5 Å². The number of rotatable bonds is 7. The molecular formula is C17H22N2O4S. The Bertz CT molecular complexity index is 809. The number of carboxylic acids is 1. The molecule has 1 aliphatic rings. The Labute approximate surface area is 144 Å². The van der Waals surface area contributed by atoms with Gasteiger partial charge in [-0.3, -0.25) is 14.2 Å². The maximum absolute atomic E-state index is 13.1. The molecule has 0 spiro atoms. The first-order valence-corrected chi connectivity index (χ1v) is 9.18. The number of methoxy groups -OCH3 is 1. The molecule has 130 valence electrons. The second-order valence-corrected chi connectivity index (χ2v) is 7.20. The first kappa shape index (κ1) is 17.1. The zero-order chi connectivity index (χ0) is 17.1. The molecule has 0 aliphatic heterocycles. The lowest BCUT2D eigenvalue weighted by molar-refractivity contribution is -0.137. The molecule has 2 aromatic rings. The monoisotopic (exact) mass is 350 g/mol. The fourth-order valence-electron chi connectivity index (χ4n) is 3.28. The quantitative estimate of drug-likeness (QED) is 0.829. The van der Waals surface area contributed by atoms with Crippen molar-refractivity contribution in [3.8, 4) is 0 Å². The van der Waals surface area contributed by atoms with Crippen molar-refractivity contribution in [1.29, 1.82) is 0 Å². The second kappa shape index (κ2) is 7.44. The van der Waals surface area contributed by atoms with E-state index in [-0.39, 0.29) is 12.0 Å². The van der Waals surface area contributed by atoms with Crippen molar-refractivity contribution < 1.29 is 14.6 Å². The highest BCUT2D eigenvalue weighted by molar-refractivity contribution is 7.18. The number of aromatic nitrogens is 2. The number of carboxylic acid groups (broad SMARTS) is 1. The van der Waals surface area contributed by atoms with E-state index in [4.69, 9.17) is 14.8 Å². The van der Waals surface area contributed by atoms with Crippen LogP contribution in [0.15, 0.2) is 4.79 Å². The normalized spacial score (nSPS) is 14.0. The molecule has 7 heteroatoms. The first-order chi connectivity index (χ1) is 11.6. The maximum atomic E-state index is 13.1. The fourth-order valence-corrected chi connectivity index (χ4v) is 4.55. The van der Waals surface area contributed by atoms with Crippen LogP contribution in [-0.4, -0.2) is 34.3 Å². The third-order valence-corrected chi connectivity index (χ3v) is 5.64. The lowest BCUT2D eigenvalue weighted by Crippen LogP contribution is -2.27. The van der Waals surface area contributed by atoms with Crippen molar-refractivity contribution in [2.75, 3.05) is 13.7 Å². The molecule has 0 radical (unpaired) electrons. The van der Waals surface area contributed by atoms with Crippen LogP contribution >= 0.6 is 11.3 Å². The van der Waals surface area contributed by atoms with Gasteiger partial charge in [-0.1, -0.05) is 0 Å². The SMILES string of the molecule is COCCc1nc2sc3c(c2c(=O)n1CCCC(=O)O)CCCC3. The summed E-state index contributed by atoms with van der Waals surface area (Å²) in [5.74, 6) is -0.151. The van der Waals surface area contributed by atoms with Gasteiger partial charge in [0.25, 0.3) is 5.56 Å².